The van der Waals surface area contributed by atoms with Gasteiger partial charge in [0, 0.05) is 13.0 Å². The molecule has 1 aromatic carbocycles. The van der Waals surface area contributed by atoms with Gasteiger partial charge in [-0.05, 0) is 37.7 Å². The predicted octanol–water partition coefficient (Wildman–Crippen LogP) is 2.48. The summed E-state index contributed by atoms with van der Waals surface area (Å²) in [6, 6.07) is 9.60. The van der Waals surface area contributed by atoms with E-state index in [1.54, 1.807) is 0 Å². The molecule has 1 saturated heterocycles. The Morgan fingerprint density at radius 3 is 2.65 bits per heavy atom. The van der Waals surface area contributed by atoms with Gasteiger partial charge in [0.15, 0.2) is 0 Å². The minimum absolute atomic E-state index is 0.0111. The molecule has 1 aliphatic heterocycles. The molecule has 1 N–H and O–H groups in total. The van der Waals surface area contributed by atoms with Gasteiger partial charge in [-0.15, -0.1) is 0 Å². The van der Waals surface area contributed by atoms with E-state index in [1.807, 2.05) is 18.2 Å². The number of unbranched alkanes of at least 4 members (excludes halogenated alkanes) is 1. The Labute approximate surface area is 119 Å². The zero-order valence-electron chi connectivity index (χ0n) is 11.6. The highest BCUT2D eigenvalue weighted by atomic mass is 16.4. The van der Waals surface area contributed by atoms with Crippen LogP contribution in [0.25, 0.3) is 0 Å². The van der Waals surface area contributed by atoms with E-state index in [9.17, 15) is 9.59 Å². The number of benzene rings is 1. The lowest BCUT2D eigenvalue weighted by Crippen LogP contribution is -2.40. The minimum Gasteiger partial charge on any atom is -0.480 e. The first-order chi connectivity index (χ1) is 9.68. The van der Waals surface area contributed by atoms with E-state index in [-0.39, 0.29) is 5.91 Å². The van der Waals surface area contributed by atoms with E-state index >= 15 is 0 Å². The number of hydrogen-bond donors (Lipinski definition) is 1. The van der Waals surface area contributed by atoms with Crippen LogP contribution in [0.15, 0.2) is 30.3 Å². The summed E-state index contributed by atoms with van der Waals surface area (Å²) in [4.78, 5) is 24.6. The van der Waals surface area contributed by atoms with Crippen LogP contribution in [0.3, 0.4) is 0 Å². The average Bonchev–Trinajstić information content (AvgIpc) is 2.94. The Balaban J connectivity index is 1.71. The average molecular weight is 275 g/mol. The zero-order chi connectivity index (χ0) is 14.4. The standard InChI is InChI=1S/C16H21NO3/c18-15(17-12-6-10-14(17)16(19)20)11-5-4-9-13-7-2-1-3-8-13/h1-3,7-8,14H,4-6,9-12H2,(H,19,20)/t14-/m0/s1. The first-order valence-electron chi connectivity index (χ1n) is 7.24. The van der Waals surface area contributed by atoms with Crippen LogP contribution < -0.4 is 0 Å². The van der Waals surface area contributed by atoms with Crippen molar-refractivity contribution in [3.63, 3.8) is 0 Å². The molecule has 1 atom stereocenters. The number of aryl methyl sites for hydroxylation is 1. The van der Waals surface area contributed by atoms with E-state index in [1.165, 1.54) is 10.5 Å². The molecule has 1 fully saturated rings. The van der Waals surface area contributed by atoms with E-state index in [4.69, 9.17) is 5.11 Å². The van der Waals surface area contributed by atoms with Gasteiger partial charge in [0.1, 0.15) is 6.04 Å². The molecular weight excluding hydrogens is 254 g/mol. The van der Waals surface area contributed by atoms with Crippen LogP contribution in [0.5, 0.6) is 0 Å². The summed E-state index contributed by atoms with van der Waals surface area (Å²) in [5.41, 5.74) is 1.28. The lowest BCUT2D eigenvalue weighted by molar-refractivity contribution is -0.148. The first-order valence-corrected chi connectivity index (χ1v) is 7.24. The summed E-state index contributed by atoms with van der Waals surface area (Å²) < 4.78 is 0. The number of nitrogens with zero attached hydrogens (tertiary/aromatic N) is 1. The Hall–Kier alpha value is -1.84. The molecule has 0 unspecified atom stereocenters. The van der Waals surface area contributed by atoms with Gasteiger partial charge >= 0.3 is 5.97 Å². The summed E-state index contributed by atoms with van der Waals surface area (Å²) in [5.74, 6) is -0.886. The van der Waals surface area contributed by atoms with Crippen molar-refractivity contribution in [2.75, 3.05) is 6.54 Å². The van der Waals surface area contributed by atoms with Crippen LogP contribution in [-0.2, 0) is 16.0 Å². The van der Waals surface area contributed by atoms with Gasteiger partial charge in [-0.1, -0.05) is 30.3 Å². The van der Waals surface area contributed by atoms with E-state index < -0.39 is 12.0 Å². The van der Waals surface area contributed by atoms with Gasteiger partial charge < -0.3 is 10.0 Å². The molecule has 0 saturated carbocycles. The van der Waals surface area contributed by atoms with Gasteiger partial charge in [-0.25, -0.2) is 4.79 Å². The van der Waals surface area contributed by atoms with Crippen molar-refractivity contribution < 1.29 is 14.7 Å². The summed E-state index contributed by atoms with van der Waals surface area (Å²) >= 11 is 0. The number of hydrogen-bond acceptors (Lipinski definition) is 2. The molecule has 0 aliphatic carbocycles. The van der Waals surface area contributed by atoms with E-state index in [2.05, 4.69) is 12.1 Å². The predicted molar refractivity (Wildman–Crippen MR) is 76.4 cm³/mol. The maximum absolute atomic E-state index is 12.0. The monoisotopic (exact) mass is 275 g/mol. The number of carboxylic acid groups (broad SMARTS) is 1. The maximum Gasteiger partial charge on any atom is 0.326 e. The van der Waals surface area contributed by atoms with Gasteiger partial charge in [0.2, 0.25) is 5.91 Å². The Morgan fingerprint density at radius 2 is 1.95 bits per heavy atom. The van der Waals surface area contributed by atoms with Crippen molar-refractivity contribution in [1.29, 1.82) is 0 Å². The SMILES string of the molecule is O=C(O)[C@@H]1CCCN1C(=O)CCCCc1ccccc1. The summed E-state index contributed by atoms with van der Waals surface area (Å²) in [7, 11) is 0. The lowest BCUT2D eigenvalue weighted by Gasteiger charge is -2.21. The molecule has 4 nitrogen and oxygen atoms in total. The Bertz CT molecular complexity index is 458. The van der Waals surface area contributed by atoms with Crippen molar-refractivity contribution >= 4 is 11.9 Å². The van der Waals surface area contributed by atoms with Crippen LogP contribution in [0.4, 0.5) is 0 Å². The number of aliphatic carboxylic acids is 1. The molecule has 0 bridgehead atoms. The molecule has 0 radical (unpaired) electrons. The minimum atomic E-state index is -0.875. The fourth-order valence-electron chi connectivity index (χ4n) is 2.72. The molecule has 0 aromatic heterocycles. The molecule has 0 spiro atoms. The third kappa shape index (κ3) is 3.83. The normalized spacial score (nSPS) is 18.2. The van der Waals surface area contributed by atoms with Crippen molar-refractivity contribution in [3.05, 3.63) is 35.9 Å². The molecular formula is C16H21NO3. The fraction of sp³-hybridized carbons (Fsp3) is 0.500. The number of carboxylic acids is 1. The number of rotatable bonds is 6. The first kappa shape index (κ1) is 14.6. The molecule has 1 aromatic rings. The number of carbonyl (C=O) groups is 2. The van der Waals surface area contributed by atoms with Gasteiger partial charge in [-0.3, -0.25) is 4.79 Å². The lowest BCUT2D eigenvalue weighted by atomic mass is 10.1. The third-order valence-corrected chi connectivity index (χ3v) is 3.81. The molecule has 2 rings (SSSR count). The fourth-order valence-corrected chi connectivity index (χ4v) is 2.72. The second-order valence-corrected chi connectivity index (χ2v) is 5.28. The topological polar surface area (TPSA) is 57.6 Å². The van der Waals surface area contributed by atoms with Crippen molar-refractivity contribution in [2.24, 2.45) is 0 Å². The van der Waals surface area contributed by atoms with Crippen molar-refractivity contribution in [1.82, 2.24) is 4.90 Å². The van der Waals surface area contributed by atoms with E-state index in [0.29, 0.717) is 19.4 Å². The molecule has 20 heavy (non-hydrogen) atoms. The molecule has 108 valence electrons. The highest BCUT2D eigenvalue weighted by molar-refractivity contribution is 5.84. The summed E-state index contributed by atoms with van der Waals surface area (Å²) in [6.45, 7) is 0.592. The molecule has 1 aliphatic rings. The number of amides is 1. The molecule has 1 heterocycles. The van der Waals surface area contributed by atoms with Gasteiger partial charge in [-0.2, -0.15) is 0 Å². The quantitative estimate of drug-likeness (QED) is 0.811. The third-order valence-electron chi connectivity index (χ3n) is 3.81. The molecule has 4 heteroatoms. The summed E-state index contributed by atoms with van der Waals surface area (Å²) in [6.07, 6.45) is 4.59. The number of carbonyl (C=O) groups excluding carboxylic acids is 1. The highest BCUT2D eigenvalue weighted by Crippen LogP contribution is 2.19. The van der Waals surface area contributed by atoms with Crippen LogP contribution in [0.2, 0.25) is 0 Å². The van der Waals surface area contributed by atoms with E-state index in [0.717, 1.165) is 25.7 Å². The Kier molecular flexibility index (Phi) is 5.16. The Morgan fingerprint density at radius 1 is 1.20 bits per heavy atom. The number of likely N-dealkylation sites (tertiary alicyclic amines) is 1. The second-order valence-electron chi connectivity index (χ2n) is 5.28. The van der Waals surface area contributed by atoms with Gasteiger partial charge in [0.25, 0.3) is 0 Å². The van der Waals surface area contributed by atoms with Crippen LogP contribution in [0, 0.1) is 0 Å². The van der Waals surface area contributed by atoms with Gasteiger partial charge in [0.05, 0.1) is 0 Å². The van der Waals surface area contributed by atoms with Crippen LogP contribution in [0.1, 0.15) is 37.7 Å². The van der Waals surface area contributed by atoms with Crippen LogP contribution >= 0.6 is 0 Å². The smallest absolute Gasteiger partial charge is 0.326 e. The second kappa shape index (κ2) is 7.08. The highest BCUT2D eigenvalue weighted by Gasteiger charge is 2.33. The molecule has 1 amide bonds. The van der Waals surface area contributed by atoms with Crippen molar-refractivity contribution in [2.45, 2.75) is 44.6 Å². The van der Waals surface area contributed by atoms with Crippen LogP contribution in [-0.4, -0.2) is 34.5 Å². The van der Waals surface area contributed by atoms with Crippen molar-refractivity contribution in [3.8, 4) is 0 Å². The summed E-state index contributed by atoms with van der Waals surface area (Å²) in [5, 5.41) is 9.06. The zero-order valence-corrected chi connectivity index (χ0v) is 11.6. The largest absolute Gasteiger partial charge is 0.480 e. The maximum atomic E-state index is 12.0.